The van der Waals surface area contributed by atoms with Crippen LogP contribution in [0.2, 0.25) is 0 Å². The highest BCUT2D eigenvalue weighted by Gasteiger charge is 2.07. The first-order valence-electron chi connectivity index (χ1n) is 3.83. The maximum absolute atomic E-state index is 11.3. The summed E-state index contributed by atoms with van der Waals surface area (Å²) < 4.78 is 0.996. The second-order valence-corrected chi connectivity index (χ2v) is 2.69. The van der Waals surface area contributed by atoms with Crippen LogP contribution >= 0.6 is 0 Å². The molecular weight excluding hydrogens is 204 g/mol. The number of nitrogens with one attached hydrogen (secondary N) is 2. The second-order valence-electron chi connectivity index (χ2n) is 2.69. The molecule has 10 heteroatoms. The van der Waals surface area contributed by atoms with E-state index in [1.807, 2.05) is 4.98 Å². The molecule has 0 amide bonds. The minimum Gasteiger partial charge on any atom is -0.290 e. The van der Waals surface area contributed by atoms with Crippen LogP contribution in [0.4, 0.5) is 0 Å². The van der Waals surface area contributed by atoms with E-state index in [9.17, 15) is 9.59 Å². The first-order valence-corrected chi connectivity index (χ1v) is 3.83. The summed E-state index contributed by atoms with van der Waals surface area (Å²) in [5.74, 6) is 0.101. The van der Waals surface area contributed by atoms with E-state index >= 15 is 0 Å². The minimum absolute atomic E-state index is 0.0330. The van der Waals surface area contributed by atoms with E-state index in [2.05, 4.69) is 30.6 Å². The van der Waals surface area contributed by atoms with Crippen molar-refractivity contribution in [3.63, 3.8) is 0 Å². The number of H-pyrrole nitrogens is 2. The zero-order valence-electron chi connectivity index (χ0n) is 7.00. The van der Waals surface area contributed by atoms with Gasteiger partial charge in [0.05, 0.1) is 0 Å². The second kappa shape index (κ2) is 2.43. The molecule has 0 aliphatic heterocycles. The number of tetrazole rings is 1. The van der Waals surface area contributed by atoms with Gasteiger partial charge in [0.2, 0.25) is 0 Å². The summed E-state index contributed by atoms with van der Waals surface area (Å²) in [7, 11) is 0. The van der Waals surface area contributed by atoms with E-state index in [1.54, 1.807) is 0 Å². The third-order valence-electron chi connectivity index (χ3n) is 1.74. The van der Waals surface area contributed by atoms with Crippen molar-refractivity contribution in [2.45, 2.75) is 0 Å². The predicted molar refractivity (Wildman–Crippen MR) is 45.1 cm³/mol. The molecule has 3 aromatic rings. The Morgan fingerprint density at radius 3 is 2.93 bits per heavy atom. The van der Waals surface area contributed by atoms with E-state index < -0.39 is 11.2 Å². The summed E-state index contributed by atoms with van der Waals surface area (Å²) in [6, 6.07) is 0. The monoisotopic (exact) mass is 206 g/mol. The molecule has 3 aromatic heterocycles. The van der Waals surface area contributed by atoms with Gasteiger partial charge >= 0.3 is 5.69 Å². The lowest BCUT2D eigenvalue weighted by atomic mass is 10.5. The molecule has 15 heavy (non-hydrogen) atoms. The topological polar surface area (TPSA) is 135 Å². The minimum atomic E-state index is -0.654. The van der Waals surface area contributed by atoms with Crippen molar-refractivity contribution in [3.8, 4) is 0 Å². The molecule has 3 heterocycles. The average Bonchev–Trinajstić information content (AvgIpc) is 2.61. The van der Waals surface area contributed by atoms with Crippen molar-refractivity contribution in [1.29, 1.82) is 0 Å². The van der Waals surface area contributed by atoms with E-state index in [1.165, 1.54) is 0 Å². The Morgan fingerprint density at radius 2 is 2.07 bits per heavy atom. The number of nitrogens with zero attached hydrogens (tertiary/aromatic N) is 6. The Kier molecular flexibility index (Phi) is 1.25. The van der Waals surface area contributed by atoms with Crippen LogP contribution in [0.5, 0.6) is 0 Å². The fourth-order valence-electron chi connectivity index (χ4n) is 1.15. The molecule has 74 valence electrons. The highest BCUT2D eigenvalue weighted by molar-refractivity contribution is 5.68. The Bertz CT molecular complexity index is 766. The molecule has 0 spiro atoms. The first-order chi connectivity index (χ1) is 7.24. The van der Waals surface area contributed by atoms with E-state index in [0.29, 0.717) is 0 Å². The summed E-state index contributed by atoms with van der Waals surface area (Å²) >= 11 is 0. The zero-order chi connectivity index (χ0) is 10.4. The molecule has 0 saturated carbocycles. The van der Waals surface area contributed by atoms with Crippen molar-refractivity contribution in [3.05, 3.63) is 20.8 Å². The molecule has 0 aromatic carbocycles. The number of hydrogen-bond acceptors (Lipinski definition) is 7. The smallest absolute Gasteiger partial charge is 0.290 e. The maximum atomic E-state index is 11.3. The van der Waals surface area contributed by atoms with Crippen LogP contribution in [0, 0.1) is 0 Å². The SMILES string of the molecule is O=c1[nH]c(=O)c2nn3nnnc3nc2[nH]1. The Balaban J connectivity index is 2.65. The highest BCUT2D eigenvalue weighted by atomic mass is 16.2. The van der Waals surface area contributed by atoms with Crippen LogP contribution in [-0.4, -0.2) is 40.2 Å². The predicted octanol–water partition coefficient (Wildman–Crippen LogP) is -2.56. The Hall–Kier alpha value is -2.65. The lowest BCUT2D eigenvalue weighted by Crippen LogP contribution is -2.24. The van der Waals surface area contributed by atoms with E-state index in [-0.39, 0.29) is 16.9 Å². The van der Waals surface area contributed by atoms with Gasteiger partial charge in [0.1, 0.15) is 0 Å². The average molecular weight is 206 g/mol. The molecule has 0 saturated heterocycles. The van der Waals surface area contributed by atoms with Crippen molar-refractivity contribution in [1.82, 2.24) is 40.2 Å². The van der Waals surface area contributed by atoms with Gasteiger partial charge in [-0.3, -0.25) is 14.8 Å². The van der Waals surface area contributed by atoms with Gasteiger partial charge in [0.15, 0.2) is 11.2 Å². The van der Waals surface area contributed by atoms with Crippen LogP contribution in [0.15, 0.2) is 9.59 Å². The standard InChI is InChI=1S/C5H2N8O2/c14-3-1-2(7-5(15)8-3)6-4-9-11-12-13(4)10-1/h(H2,6,7,8,9,12,14,15). The highest BCUT2D eigenvalue weighted by Crippen LogP contribution is 1.96. The largest absolute Gasteiger partial charge is 0.327 e. The molecule has 0 aliphatic rings. The lowest BCUT2D eigenvalue weighted by Gasteiger charge is -1.93. The number of rotatable bonds is 0. The third-order valence-corrected chi connectivity index (χ3v) is 1.74. The van der Waals surface area contributed by atoms with Crippen LogP contribution in [0.3, 0.4) is 0 Å². The van der Waals surface area contributed by atoms with Crippen LogP contribution in [0.25, 0.3) is 16.9 Å². The Labute approximate surface area is 79.0 Å². The summed E-state index contributed by atoms with van der Waals surface area (Å²) in [5, 5.41) is 14.1. The number of hydrogen-bond donors (Lipinski definition) is 2. The summed E-state index contributed by atoms with van der Waals surface area (Å²) in [6.07, 6.45) is 0. The zero-order valence-corrected chi connectivity index (χ0v) is 7.00. The fourth-order valence-corrected chi connectivity index (χ4v) is 1.15. The van der Waals surface area contributed by atoms with Crippen molar-refractivity contribution in [2.75, 3.05) is 0 Å². The van der Waals surface area contributed by atoms with Gasteiger partial charge in [-0.15, -0.1) is 5.10 Å². The molecule has 2 N–H and O–H groups in total. The van der Waals surface area contributed by atoms with Gasteiger partial charge in [-0.2, -0.15) is 4.98 Å². The number of fused-ring (bicyclic) bond motifs is 2. The van der Waals surface area contributed by atoms with Gasteiger partial charge < -0.3 is 0 Å². The summed E-state index contributed by atoms with van der Waals surface area (Å²) in [6.45, 7) is 0. The van der Waals surface area contributed by atoms with Crippen molar-refractivity contribution >= 4 is 16.9 Å². The van der Waals surface area contributed by atoms with Gasteiger partial charge in [-0.25, -0.2) is 4.79 Å². The van der Waals surface area contributed by atoms with Gasteiger partial charge in [-0.1, -0.05) is 9.73 Å². The molecule has 3 rings (SSSR count). The van der Waals surface area contributed by atoms with Gasteiger partial charge in [0, 0.05) is 0 Å². The van der Waals surface area contributed by atoms with Crippen LogP contribution in [0.1, 0.15) is 0 Å². The molecule has 0 aliphatic carbocycles. The van der Waals surface area contributed by atoms with E-state index in [0.717, 1.165) is 4.63 Å². The Morgan fingerprint density at radius 1 is 1.20 bits per heavy atom. The van der Waals surface area contributed by atoms with Crippen LogP contribution < -0.4 is 11.2 Å². The van der Waals surface area contributed by atoms with E-state index in [4.69, 9.17) is 0 Å². The number of aromatic nitrogens is 8. The molecule has 0 atom stereocenters. The molecule has 0 bridgehead atoms. The van der Waals surface area contributed by atoms with Gasteiger partial charge in [0.25, 0.3) is 11.3 Å². The molecule has 0 fully saturated rings. The molecular formula is C5H2N8O2. The third kappa shape index (κ3) is 1.01. The number of aromatic amines is 2. The molecule has 0 radical (unpaired) electrons. The fraction of sp³-hybridized carbons (Fsp3) is 0. The molecule has 10 nitrogen and oxygen atoms in total. The quantitative estimate of drug-likeness (QED) is 0.413. The first kappa shape index (κ1) is 7.73. The maximum Gasteiger partial charge on any atom is 0.327 e. The van der Waals surface area contributed by atoms with Gasteiger partial charge in [-0.05, 0) is 10.4 Å². The van der Waals surface area contributed by atoms with Crippen molar-refractivity contribution < 1.29 is 0 Å². The molecule has 0 unspecified atom stereocenters. The summed E-state index contributed by atoms with van der Waals surface area (Å²) in [5.41, 5.74) is -1.28. The lowest BCUT2D eigenvalue weighted by molar-refractivity contribution is 0.736. The summed E-state index contributed by atoms with van der Waals surface area (Å²) in [4.78, 5) is 30.4. The normalized spacial score (nSPS) is 11.2. The van der Waals surface area contributed by atoms with Crippen LogP contribution in [-0.2, 0) is 0 Å². The van der Waals surface area contributed by atoms with Crippen molar-refractivity contribution in [2.24, 2.45) is 0 Å².